The van der Waals surface area contributed by atoms with Gasteiger partial charge in [0.1, 0.15) is 5.60 Å². The molecule has 1 nitrogen and oxygen atoms in total. The lowest BCUT2D eigenvalue weighted by molar-refractivity contribution is -0.0523. The average Bonchev–Trinajstić information content (AvgIpc) is 2.78. The lowest BCUT2D eigenvalue weighted by Crippen LogP contribution is -2.47. The molecule has 3 unspecified atom stereocenters. The Kier molecular flexibility index (Phi) is 3.99. The number of hydrogen-bond acceptors (Lipinski definition) is 2. The molecule has 1 aromatic carbocycles. The molecule has 21 heavy (non-hydrogen) atoms. The summed E-state index contributed by atoms with van der Waals surface area (Å²) >= 11 is 4.07. The van der Waals surface area contributed by atoms with Crippen molar-refractivity contribution in [2.45, 2.75) is 50.5 Å². The summed E-state index contributed by atoms with van der Waals surface area (Å²) in [7, 11) is 0. The summed E-state index contributed by atoms with van der Waals surface area (Å²) < 4.78 is 1.10. The monoisotopic (exact) mass is 414 g/mol. The molecule has 3 atom stereocenters. The third kappa shape index (κ3) is 2.22. The summed E-state index contributed by atoms with van der Waals surface area (Å²) in [5, 5.41) is 13.6. The van der Waals surface area contributed by atoms with Gasteiger partial charge in [-0.3, -0.25) is 0 Å². The Balaban J connectivity index is 1.86. The van der Waals surface area contributed by atoms with E-state index in [0.717, 1.165) is 16.4 Å². The second kappa shape index (κ2) is 5.27. The molecule has 114 valence electrons. The summed E-state index contributed by atoms with van der Waals surface area (Å²) in [4.78, 5) is 1.22. The Morgan fingerprint density at radius 2 is 1.95 bits per heavy atom. The van der Waals surface area contributed by atoms with Crippen molar-refractivity contribution >= 4 is 34.4 Å². The van der Waals surface area contributed by atoms with Gasteiger partial charge in [-0.15, -0.1) is 0 Å². The normalized spacial score (nSPS) is 38.0. The molecular weight excluding hydrogens is 391 g/mol. The number of benzene rings is 1. The lowest BCUT2D eigenvalue weighted by Gasteiger charge is -2.45. The quantitative estimate of drug-likeness (QED) is 0.511. The van der Waals surface area contributed by atoms with Crippen LogP contribution in [0.5, 0.6) is 0 Å². The number of thioether (sulfide) groups is 1. The largest absolute Gasteiger partial charge is 0.384 e. The SMILES string of the molecule is CC1(C)C2CCC1(C)C(O)(/C(I)=C\Sc1ccccc1)C2. The maximum absolute atomic E-state index is 11.4. The third-order valence-corrected chi connectivity index (χ3v) is 8.85. The Morgan fingerprint density at radius 1 is 1.29 bits per heavy atom. The van der Waals surface area contributed by atoms with E-state index in [-0.39, 0.29) is 10.8 Å². The van der Waals surface area contributed by atoms with Gasteiger partial charge in [0.25, 0.3) is 0 Å². The van der Waals surface area contributed by atoms with Crippen molar-refractivity contribution in [2.24, 2.45) is 16.7 Å². The number of halogens is 1. The summed E-state index contributed by atoms with van der Waals surface area (Å²) in [6.45, 7) is 6.98. The van der Waals surface area contributed by atoms with E-state index in [4.69, 9.17) is 0 Å². The molecular formula is C18H23IOS. The zero-order chi connectivity index (χ0) is 15.3. The second-order valence-corrected chi connectivity index (χ2v) is 9.36. The Bertz CT molecular complexity index is 568. The van der Waals surface area contributed by atoms with Crippen molar-refractivity contribution in [1.29, 1.82) is 0 Å². The first-order valence-electron chi connectivity index (χ1n) is 7.61. The fraction of sp³-hybridized carbons (Fsp3) is 0.556. The van der Waals surface area contributed by atoms with Crippen LogP contribution in [-0.2, 0) is 0 Å². The first-order valence-corrected chi connectivity index (χ1v) is 9.57. The van der Waals surface area contributed by atoms with Gasteiger partial charge in [-0.25, -0.2) is 0 Å². The minimum Gasteiger partial charge on any atom is -0.384 e. The van der Waals surface area contributed by atoms with Crippen LogP contribution < -0.4 is 0 Å². The van der Waals surface area contributed by atoms with Crippen LogP contribution in [0.2, 0.25) is 0 Å². The third-order valence-electron chi connectivity index (χ3n) is 6.33. The van der Waals surface area contributed by atoms with E-state index in [0.29, 0.717) is 5.92 Å². The molecule has 0 aromatic heterocycles. The van der Waals surface area contributed by atoms with Gasteiger partial charge in [0, 0.05) is 13.9 Å². The van der Waals surface area contributed by atoms with Crippen LogP contribution >= 0.6 is 34.4 Å². The number of aliphatic hydroxyl groups is 1. The minimum atomic E-state index is -0.651. The first-order chi connectivity index (χ1) is 9.81. The van der Waals surface area contributed by atoms with Gasteiger partial charge in [-0.1, -0.05) is 50.7 Å². The molecule has 3 rings (SSSR count). The van der Waals surface area contributed by atoms with Gasteiger partial charge in [-0.2, -0.15) is 0 Å². The highest BCUT2D eigenvalue weighted by Gasteiger charge is 2.69. The van der Waals surface area contributed by atoms with Gasteiger partial charge in [0.2, 0.25) is 0 Å². The summed E-state index contributed by atoms with van der Waals surface area (Å²) in [5.41, 5.74) is -0.430. The molecule has 0 saturated heterocycles. The molecule has 3 heteroatoms. The van der Waals surface area contributed by atoms with Crippen LogP contribution in [0.15, 0.2) is 44.2 Å². The fourth-order valence-corrected chi connectivity index (χ4v) is 6.30. The van der Waals surface area contributed by atoms with E-state index in [1.807, 2.05) is 6.07 Å². The van der Waals surface area contributed by atoms with Gasteiger partial charge in [-0.05, 0) is 70.7 Å². The van der Waals surface area contributed by atoms with Crippen LogP contribution in [0.25, 0.3) is 0 Å². The average molecular weight is 414 g/mol. The van der Waals surface area contributed by atoms with E-state index in [9.17, 15) is 5.11 Å². The molecule has 0 heterocycles. The highest BCUT2D eigenvalue weighted by Crippen LogP contribution is 2.71. The van der Waals surface area contributed by atoms with Crippen molar-refractivity contribution in [1.82, 2.24) is 0 Å². The van der Waals surface area contributed by atoms with Gasteiger partial charge in [0.15, 0.2) is 0 Å². The summed E-state index contributed by atoms with van der Waals surface area (Å²) in [6, 6.07) is 10.4. The predicted octanol–water partition coefficient (Wildman–Crippen LogP) is 5.63. The molecule has 2 aliphatic carbocycles. The highest BCUT2D eigenvalue weighted by atomic mass is 127. The second-order valence-electron chi connectivity index (χ2n) is 7.25. The van der Waals surface area contributed by atoms with E-state index in [2.05, 4.69) is 73.0 Å². The van der Waals surface area contributed by atoms with Crippen LogP contribution in [0.1, 0.15) is 40.0 Å². The molecule has 2 aliphatic rings. The maximum atomic E-state index is 11.4. The zero-order valence-electron chi connectivity index (χ0n) is 12.9. The van der Waals surface area contributed by atoms with Crippen molar-refractivity contribution in [3.05, 3.63) is 39.3 Å². The highest BCUT2D eigenvalue weighted by molar-refractivity contribution is 14.1. The lowest BCUT2D eigenvalue weighted by atomic mass is 9.64. The summed E-state index contributed by atoms with van der Waals surface area (Å²) in [6.07, 6.45) is 3.32. The van der Waals surface area contributed by atoms with Crippen molar-refractivity contribution < 1.29 is 5.11 Å². The predicted molar refractivity (Wildman–Crippen MR) is 98.6 cm³/mol. The van der Waals surface area contributed by atoms with E-state index < -0.39 is 5.60 Å². The molecule has 2 fully saturated rings. The molecule has 2 saturated carbocycles. The standard InChI is InChI=1S/C18H23IOS/c1-16(2)13-9-10-17(16,3)18(20,11-13)15(19)12-21-14-7-5-4-6-8-14/h4-8,12-13,20H,9-11H2,1-3H3/b15-12+. The minimum absolute atomic E-state index is 0.00502. The molecule has 0 radical (unpaired) electrons. The summed E-state index contributed by atoms with van der Waals surface area (Å²) in [5.74, 6) is 0.646. The van der Waals surface area contributed by atoms with Crippen LogP contribution in [0.3, 0.4) is 0 Å². The topological polar surface area (TPSA) is 20.2 Å². The van der Waals surface area contributed by atoms with Crippen molar-refractivity contribution in [3.8, 4) is 0 Å². The van der Waals surface area contributed by atoms with Crippen LogP contribution in [0, 0.1) is 16.7 Å². The maximum Gasteiger partial charge on any atom is 0.102 e. The van der Waals surface area contributed by atoms with Crippen LogP contribution in [0.4, 0.5) is 0 Å². The van der Waals surface area contributed by atoms with E-state index in [1.54, 1.807) is 11.8 Å². The van der Waals surface area contributed by atoms with Gasteiger partial charge < -0.3 is 5.11 Å². The Labute approximate surface area is 145 Å². The van der Waals surface area contributed by atoms with E-state index >= 15 is 0 Å². The zero-order valence-corrected chi connectivity index (χ0v) is 15.9. The van der Waals surface area contributed by atoms with E-state index in [1.165, 1.54) is 11.3 Å². The number of fused-ring (bicyclic) bond motifs is 2. The molecule has 1 N–H and O–H groups in total. The molecule has 0 amide bonds. The fourth-order valence-electron chi connectivity index (χ4n) is 4.35. The smallest absolute Gasteiger partial charge is 0.102 e. The van der Waals surface area contributed by atoms with Gasteiger partial charge >= 0.3 is 0 Å². The molecule has 1 aromatic rings. The van der Waals surface area contributed by atoms with Crippen molar-refractivity contribution in [2.75, 3.05) is 0 Å². The van der Waals surface area contributed by atoms with Gasteiger partial charge in [0.05, 0.1) is 0 Å². The Morgan fingerprint density at radius 3 is 2.48 bits per heavy atom. The number of rotatable bonds is 3. The number of hydrogen-bond donors (Lipinski definition) is 1. The van der Waals surface area contributed by atoms with Crippen LogP contribution in [-0.4, -0.2) is 10.7 Å². The molecule has 2 bridgehead atoms. The van der Waals surface area contributed by atoms with Crippen molar-refractivity contribution in [3.63, 3.8) is 0 Å². The first kappa shape index (κ1) is 15.9. The molecule has 0 aliphatic heterocycles. The molecule has 0 spiro atoms. The Hall–Kier alpha value is -0.000000000000000111.